The molecule has 0 amide bonds. The van der Waals surface area contributed by atoms with Gasteiger partial charge in [0.25, 0.3) is 0 Å². The number of fused-ring (bicyclic) bond motifs is 1. The predicted molar refractivity (Wildman–Crippen MR) is 60.5 cm³/mol. The third-order valence-electron chi connectivity index (χ3n) is 2.56. The molecule has 0 spiro atoms. The number of nitrogens with one attached hydrogen (secondary N) is 2. The highest BCUT2D eigenvalue weighted by Crippen LogP contribution is 2.19. The monoisotopic (exact) mass is 206 g/mol. The molecule has 0 bridgehead atoms. The van der Waals surface area contributed by atoms with E-state index in [-0.39, 0.29) is 5.82 Å². The lowest BCUT2D eigenvalue weighted by Crippen LogP contribution is -2.08. The van der Waals surface area contributed by atoms with Crippen molar-refractivity contribution < 1.29 is 4.39 Å². The van der Waals surface area contributed by atoms with E-state index in [0.717, 1.165) is 30.3 Å². The number of benzene rings is 1. The first-order valence-electron chi connectivity index (χ1n) is 5.21. The molecule has 2 N–H and O–H groups in total. The number of hydrogen-bond donors (Lipinski definition) is 2. The summed E-state index contributed by atoms with van der Waals surface area (Å²) in [5, 5.41) is 4.04. The number of aromatic amines is 1. The van der Waals surface area contributed by atoms with Crippen LogP contribution in [0, 0.1) is 5.82 Å². The van der Waals surface area contributed by atoms with Crippen LogP contribution >= 0.6 is 0 Å². The first-order valence-corrected chi connectivity index (χ1v) is 5.21. The molecule has 0 saturated heterocycles. The van der Waals surface area contributed by atoms with Gasteiger partial charge < -0.3 is 10.3 Å². The van der Waals surface area contributed by atoms with Crippen molar-refractivity contribution in [1.82, 2.24) is 10.3 Å². The zero-order chi connectivity index (χ0) is 10.7. The molecule has 0 fully saturated rings. The smallest absolute Gasteiger partial charge is 0.147 e. The highest BCUT2D eigenvalue weighted by atomic mass is 19.1. The largest absolute Gasteiger partial charge is 0.359 e. The summed E-state index contributed by atoms with van der Waals surface area (Å²) in [5.41, 5.74) is 1.67. The van der Waals surface area contributed by atoms with Gasteiger partial charge in [-0.3, -0.25) is 0 Å². The molecule has 0 aliphatic rings. The van der Waals surface area contributed by atoms with Gasteiger partial charge in [-0.2, -0.15) is 0 Å². The fraction of sp³-hybridized carbons (Fsp3) is 0.333. The van der Waals surface area contributed by atoms with Gasteiger partial charge >= 0.3 is 0 Å². The number of halogens is 1. The summed E-state index contributed by atoms with van der Waals surface area (Å²) < 4.78 is 13.5. The van der Waals surface area contributed by atoms with Crippen molar-refractivity contribution in [2.75, 3.05) is 13.6 Å². The van der Waals surface area contributed by atoms with Crippen molar-refractivity contribution in [1.29, 1.82) is 0 Å². The van der Waals surface area contributed by atoms with E-state index >= 15 is 0 Å². The molecule has 0 atom stereocenters. The maximum absolute atomic E-state index is 13.5. The van der Waals surface area contributed by atoms with E-state index in [2.05, 4.69) is 10.3 Å². The van der Waals surface area contributed by atoms with Crippen LogP contribution < -0.4 is 5.32 Å². The van der Waals surface area contributed by atoms with Crippen LogP contribution in [0.4, 0.5) is 4.39 Å². The average Bonchev–Trinajstić information content (AvgIpc) is 2.66. The van der Waals surface area contributed by atoms with Gasteiger partial charge in [0.05, 0.1) is 5.52 Å². The number of aromatic nitrogens is 1. The Hall–Kier alpha value is -1.35. The Morgan fingerprint density at radius 2 is 2.27 bits per heavy atom. The minimum Gasteiger partial charge on any atom is -0.359 e. The second-order valence-corrected chi connectivity index (χ2v) is 3.73. The zero-order valence-corrected chi connectivity index (χ0v) is 8.81. The topological polar surface area (TPSA) is 27.8 Å². The summed E-state index contributed by atoms with van der Waals surface area (Å²) in [4.78, 5) is 2.89. The van der Waals surface area contributed by atoms with Crippen LogP contribution in [-0.4, -0.2) is 18.6 Å². The molecule has 15 heavy (non-hydrogen) atoms. The molecule has 0 aliphatic heterocycles. The van der Waals surface area contributed by atoms with Crippen LogP contribution in [0.15, 0.2) is 24.4 Å². The van der Waals surface area contributed by atoms with Crippen LogP contribution in [0.25, 0.3) is 10.9 Å². The normalized spacial score (nSPS) is 11.1. The van der Waals surface area contributed by atoms with E-state index in [1.54, 1.807) is 12.3 Å². The molecule has 1 heterocycles. The Morgan fingerprint density at radius 1 is 1.40 bits per heavy atom. The van der Waals surface area contributed by atoms with Gasteiger partial charge in [0.2, 0.25) is 0 Å². The van der Waals surface area contributed by atoms with E-state index < -0.39 is 0 Å². The van der Waals surface area contributed by atoms with Gasteiger partial charge in [0.1, 0.15) is 5.82 Å². The van der Waals surface area contributed by atoms with E-state index in [4.69, 9.17) is 0 Å². The molecule has 0 aliphatic carbocycles. The van der Waals surface area contributed by atoms with Crippen LogP contribution in [0.2, 0.25) is 0 Å². The maximum atomic E-state index is 13.5. The molecular weight excluding hydrogens is 191 g/mol. The van der Waals surface area contributed by atoms with Crippen LogP contribution in [0.5, 0.6) is 0 Å². The second-order valence-electron chi connectivity index (χ2n) is 3.73. The lowest BCUT2D eigenvalue weighted by Gasteiger charge is -2.02. The first-order chi connectivity index (χ1) is 7.31. The lowest BCUT2D eigenvalue weighted by atomic mass is 10.1. The van der Waals surface area contributed by atoms with Crippen molar-refractivity contribution in [3.8, 4) is 0 Å². The Kier molecular flexibility index (Phi) is 3.02. The van der Waals surface area contributed by atoms with Gasteiger partial charge in [-0.25, -0.2) is 4.39 Å². The number of hydrogen-bond acceptors (Lipinski definition) is 1. The fourth-order valence-electron chi connectivity index (χ4n) is 1.80. The lowest BCUT2D eigenvalue weighted by molar-refractivity contribution is 0.633. The minimum absolute atomic E-state index is 0.156. The summed E-state index contributed by atoms with van der Waals surface area (Å²) in [6.07, 6.45) is 3.72. The standard InChI is InChI=1S/C12H15FN2/c1-14-5-2-3-9-7-10-4-6-15-12(10)11(13)8-9/h4,6-8,14-15H,2-3,5H2,1H3. The first kappa shape index (κ1) is 10.2. The Bertz CT molecular complexity index is 448. The van der Waals surface area contributed by atoms with Crippen molar-refractivity contribution >= 4 is 10.9 Å². The van der Waals surface area contributed by atoms with Gasteiger partial charge in [0, 0.05) is 11.6 Å². The molecule has 2 rings (SSSR count). The fourth-order valence-corrected chi connectivity index (χ4v) is 1.80. The van der Waals surface area contributed by atoms with Crippen LogP contribution in [0.3, 0.4) is 0 Å². The summed E-state index contributed by atoms with van der Waals surface area (Å²) in [7, 11) is 1.93. The predicted octanol–water partition coefficient (Wildman–Crippen LogP) is 2.46. The molecular formula is C12H15FN2. The molecule has 0 saturated carbocycles. The number of H-pyrrole nitrogens is 1. The van der Waals surface area contributed by atoms with E-state index in [1.807, 2.05) is 19.2 Å². The number of rotatable bonds is 4. The summed E-state index contributed by atoms with van der Waals surface area (Å²) in [6, 6.07) is 5.57. The van der Waals surface area contributed by atoms with Gasteiger partial charge in [-0.1, -0.05) is 0 Å². The quantitative estimate of drug-likeness (QED) is 0.739. The zero-order valence-electron chi connectivity index (χ0n) is 8.81. The van der Waals surface area contributed by atoms with Crippen molar-refractivity contribution in [3.63, 3.8) is 0 Å². The third-order valence-corrected chi connectivity index (χ3v) is 2.56. The molecule has 3 heteroatoms. The molecule has 80 valence electrons. The summed E-state index contributed by atoms with van der Waals surface area (Å²) in [6.45, 7) is 0.965. The summed E-state index contributed by atoms with van der Waals surface area (Å²) in [5.74, 6) is -0.156. The van der Waals surface area contributed by atoms with E-state index in [9.17, 15) is 4.39 Å². The van der Waals surface area contributed by atoms with E-state index in [0.29, 0.717) is 5.52 Å². The van der Waals surface area contributed by atoms with Crippen LogP contribution in [0.1, 0.15) is 12.0 Å². The second kappa shape index (κ2) is 4.45. The van der Waals surface area contributed by atoms with Crippen molar-refractivity contribution in [3.05, 3.63) is 35.8 Å². The molecule has 0 radical (unpaired) electrons. The SMILES string of the molecule is CNCCCc1cc(F)c2[nH]ccc2c1. The summed E-state index contributed by atoms with van der Waals surface area (Å²) >= 11 is 0. The number of aryl methyl sites for hydroxylation is 1. The van der Waals surface area contributed by atoms with Gasteiger partial charge in [0.15, 0.2) is 0 Å². The van der Waals surface area contributed by atoms with Gasteiger partial charge in [-0.15, -0.1) is 0 Å². The highest BCUT2D eigenvalue weighted by Gasteiger charge is 2.04. The minimum atomic E-state index is -0.156. The Balaban J connectivity index is 2.21. The molecule has 2 nitrogen and oxygen atoms in total. The highest BCUT2D eigenvalue weighted by molar-refractivity contribution is 5.80. The average molecular weight is 206 g/mol. The molecule has 2 aromatic rings. The van der Waals surface area contributed by atoms with Crippen LogP contribution in [-0.2, 0) is 6.42 Å². The van der Waals surface area contributed by atoms with Crippen molar-refractivity contribution in [2.45, 2.75) is 12.8 Å². The molecule has 1 aromatic carbocycles. The Morgan fingerprint density at radius 3 is 3.07 bits per heavy atom. The van der Waals surface area contributed by atoms with Crippen molar-refractivity contribution in [2.24, 2.45) is 0 Å². The molecule has 0 unspecified atom stereocenters. The molecule has 1 aromatic heterocycles. The maximum Gasteiger partial charge on any atom is 0.147 e. The Labute approximate surface area is 88.5 Å². The van der Waals surface area contributed by atoms with E-state index in [1.165, 1.54) is 0 Å². The van der Waals surface area contributed by atoms with Gasteiger partial charge in [-0.05, 0) is 50.2 Å². The third kappa shape index (κ3) is 2.18.